The van der Waals surface area contributed by atoms with Crippen LogP contribution in [0.1, 0.15) is 36.2 Å². The topological polar surface area (TPSA) is 117 Å². The Labute approximate surface area is 242 Å². The van der Waals surface area contributed by atoms with E-state index in [9.17, 15) is 9.59 Å². The first kappa shape index (κ1) is 31.8. The van der Waals surface area contributed by atoms with Crippen LogP contribution in [0.5, 0.6) is 23.0 Å². The maximum absolute atomic E-state index is 13.7. The summed E-state index contributed by atoms with van der Waals surface area (Å²) in [5.74, 6) is 1.99. The van der Waals surface area contributed by atoms with E-state index in [1.807, 2.05) is 26.0 Å². The van der Waals surface area contributed by atoms with Crippen LogP contribution in [0.25, 0.3) is 0 Å². The normalized spacial score (nSPS) is 16.3. The van der Waals surface area contributed by atoms with Crippen molar-refractivity contribution in [2.75, 3.05) is 61.3 Å². The number of ether oxygens (including phenoxy) is 6. The largest absolute Gasteiger partial charge is 0.493 e. The maximum atomic E-state index is 13.7. The minimum absolute atomic E-state index is 0.0775. The van der Waals surface area contributed by atoms with Gasteiger partial charge >= 0.3 is 6.09 Å². The van der Waals surface area contributed by atoms with Gasteiger partial charge in [0.15, 0.2) is 23.0 Å². The molecule has 2 aromatic rings. The van der Waals surface area contributed by atoms with Gasteiger partial charge in [0.1, 0.15) is 6.10 Å². The van der Waals surface area contributed by atoms with Crippen LogP contribution in [0, 0.1) is 5.92 Å². The highest BCUT2D eigenvalue weighted by Gasteiger charge is 2.34. The van der Waals surface area contributed by atoms with Crippen molar-refractivity contribution in [1.29, 1.82) is 0 Å². The second-order valence-electron chi connectivity index (χ2n) is 9.98. The van der Waals surface area contributed by atoms with E-state index in [0.29, 0.717) is 67.8 Å². The van der Waals surface area contributed by atoms with Gasteiger partial charge in [0.05, 0.1) is 27.9 Å². The molecule has 1 saturated heterocycles. The molecule has 11 heteroatoms. The van der Waals surface area contributed by atoms with Crippen molar-refractivity contribution in [3.8, 4) is 23.0 Å². The average molecular weight is 574 g/mol. The molecule has 2 aromatic carbocycles. The van der Waals surface area contributed by atoms with Crippen molar-refractivity contribution in [2.24, 2.45) is 5.92 Å². The zero-order valence-electron chi connectivity index (χ0n) is 24.9. The Bertz CT molecular complexity index is 1140. The third kappa shape index (κ3) is 8.64. The number of para-hydroxylation sites is 1. The quantitative estimate of drug-likeness (QED) is 0.309. The summed E-state index contributed by atoms with van der Waals surface area (Å²) in [5.41, 5.74) is 1.26. The summed E-state index contributed by atoms with van der Waals surface area (Å²) in [6.45, 7) is 6.71. The van der Waals surface area contributed by atoms with Gasteiger partial charge in [-0.05, 0) is 38.1 Å². The van der Waals surface area contributed by atoms with E-state index in [-0.39, 0.29) is 24.4 Å². The number of carbonyl (C=O) groups excluding carboxylic acids is 2. The van der Waals surface area contributed by atoms with Gasteiger partial charge in [-0.25, -0.2) is 4.79 Å². The fraction of sp³-hybridized carbons (Fsp3) is 0.533. The highest BCUT2D eigenvalue weighted by Crippen LogP contribution is 2.31. The second-order valence-corrected chi connectivity index (χ2v) is 9.98. The van der Waals surface area contributed by atoms with E-state index < -0.39 is 12.2 Å². The molecule has 0 saturated carbocycles. The molecule has 1 heterocycles. The molecule has 11 nitrogen and oxygen atoms in total. The lowest BCUT2D eigenvalue weighted by molar-refractivity contribution is 0.0521. The van der Waals surface area contributed by atoms with Gasteiger partial charge in [0.2, 0.25) is 0 Å². The number of nitrogens with zero attached hydrogens (tertiary/aromatic N) is 1. The van der Waals surface area contributed by atoms with Crippen LogP contribution in [0.4, 0.5) is 4.79 Å². The molecule has 0 radical (unpaired) electrons. The maximum Gasteiger partial charge on any atom is 0.407 e. The number of nitrogens with one attached hydrogen (secondary N) is 2. The molecule has 1 fully saturated rings. The highest BCUT2D eigenvalue weighted by molar-refractivity contribution is 5.95. The Morgan fingerprint density at radius 3 is 2.44 bits per heavy atom. The molecule has 3 rings (SSSR count). The van der Waals surface area contributed by atoms with Crippen molar-refractivity contribution in [3.05, 3.63) is 47.5 Å². The first-order chi connectivity index (χ1) is 19.8. The Kier molecular flexibility index (Phi) is 12.4. The number of rotatable bonds is 15. The summed E-state index contributed by atoms with van der Waals surface area (Å²) in [4.78, 5) is 28.2. The Balaban J connectivity index is 1.64. The first-order valence-electron chi connectivity index (χ1n) is 13.8. The average Bonchev–Trinajstić information content (AvgIpc) is 3.42. The molecule has 41 heavy (non-hydrogen) atoms. The molecule has 0 aromatic heterocycles. The molecule has 0 bridgehead atoms. The van der Waals surface area contributed by atoms with Gasteiger partial charge in [-0.2, -0.15) is 0 Å². The van der Waals surface area contributed by atoms with Gasteiger partial charge in [0.25, 0.3) is 5.91 Å². The summed E-state index contributed by atoms with van der Waals surface area (Å²) in [6, 6.07) is 10.6. The molecule has 2 amide bonds. The molecule has 0 aliphatic carbocycles. The van der Waals surface area contributed by atoms with Crippen molar-refractivity contribution in [2.45, 2.75) is 39.0 Å². The lowest BCUT2D eigenvalue weighted by atomic mass is 10.0. The third-order valence-corrected chi connectivity index (χ3v) is 6.92. The fourth-order valence-corrected chi connectivity index (χ4v) is 4.72. The van der Waals surface area contributed by atoms with Crippen LogP contribution in [0.2, 0.25) is 0 Å². The fourth-order valence-electron chi connectivity index (χ4n) is 4.72. The van der Waals surface area contributed by atoms with E-state index >= 15 is 0 Å². The molecule has 226 valence electrons. The molecule has 0 spiro atoms. The van der Waals surface area contributed by atoms with Crippen molar-refractivity contribution < 1.29 is 38.0 Å². The SMILES string of the molecule is COCCCOc1cc(C(=O)N(C[C@H]2CNC[C@H]2OC(=O)NCc2cccc(OC)c2OC)C(C)C)ccc1OC. The summed E-state index contributed by atoms with van der Waals surface area (Å²) in [6.07, 6.45) is -0.222. The number of hydrogen-bond donors (Lipinski definition) is 2. The van der Waals surface area contributed by atoms with E-state index in [1.54, 1.807) is 57.6 Å². The monoisotopic (exact) mass is 573 g/mol. The zero-order valence-corrected chi connectivity index (χ0v) is 24.9. The second kappa shape index (κ2) is 15.9. The van der Waals surface area contributed by atoms with Gasteiger partial charge in [-0.3, -0.25) is 4.79 Å². The summed E-state index contributed by atoms with van der Waals surface area (Å²) < 4.78 is 32.9. The van der Waals surface area contributed by atoms with Crippen LogP contribution >= 0.6 is 0 Å². The van der Waals surface area contributed by atoms with Gasteiger partial charge in [-0.1, -0.05) is 12.1 Å². The first-order valence-corrected chi connectivity index (χ1v) is 13.8. The number of benzene rings is 2. The molecule has 2 N–H and O–H groups in total. The van der Waals surface area contributed by atoms with Crippen molar-refractivity contribution in [3.63, 3.8) is 0 Å². The van der Waals surface area contributed by atoms with E-state index in [1.165, 1.54) is 0 Å². The van der Waals surface area contributed by atoms with Crippen LogP contribution in [0.15, 0.2) is 36.4 Å². The number of hydrogen-bond acceptors (Lipinski definition) is 9. The number of alkyl carbamates (subject to hydrolysis) is 1. The van der Waals surface area contributed by atoms with Crippen LogP contribution < -0.4 is 29.6 Å². The number of amides is 2. The standard InChI is InChI=1S/C30H43N3O8/c1-20(2)33(29(34)21-11-12-24(37-4)26(15-21)40-14-8-13-36-3)19-23-16-31-18-27(23)41-30(35)32-17-22-9-7-10-25(38-5)28(22)39-6/h7,9-12,15,20,23,27,31H,8,13-14,16-19H2,1-6H3,(H,32,35)/t23-,27-/m1/s1. The molecule has 1 aliphatic heterocycles. The molecule has 2 atom stereocenters. The van der Waals surface area contributed by atoms with E-state index in [2.05, 4.69) is 10.6 Å². The van der Waals surface area contributed by atoms with Gasteiger partial charge < -0.3 is 44.0 Å². The Hall–Kier alpha value is -3.70. The van der Waals surface area contributed by atoms with E-state index in [4.69, 9.17) is 28.4 Å². The Morgan fingerprint density at radius 2 is 1.76 bits per heavy atom. The predicted molar refractivity (Wildman–Crippen MR) is 154 cm³/mol. The summed E-state index contributed by atoms with van der Waals surface area (Å²) in [7, 11) is 6.32. The van der Waals surface area contributed by atoms with Gasteiger partial charge in [0, 0.05) is 69.4 Å². The minimum atomic E-state index is -0.540. The lowest BCUT2D eigenvalue weighted by Gasteiger charge is -2.31. The van der Waals surface area contributed by atoms with Gasteiger partial charge in [-0.15, -0.1) is 0 Å². The van der Waals surface area contributed by atoms with Crippen LogP contribution in [0.3, 0.4) is 0 Å². The van der Waals surface area contributed by atoms with Crippen LogP contribution in [-0.4, -0.2) is 90.3 Å². The summed E-state index contributed by atoms with van der Waals surface area (Å²) >= 11 is 0. The smallest absolute Gasteiger partial charge is 0.407 e. The number of carbonyl (C=O) groups is 2. The number of methoxy groups -OCH3 is 4. The summed E-state index contributed by atoms with van der Waals surface area (Å²) in [5, 5.41) is 6.09. The highest BCUT2D eigenvalue weighted by atomic mass is 16.6. The predicted octanol–water partition coefficient (Wildman–Crippen LogP) is 3.49. The van der Waals surface area contributed by atoms with E-state index in [0.717, 1.165) is 5.56 Å². The molecule has 1 aliphatic rings. The zero-order chi connectivity index (χ0) is 29.8. The minimum Gasteiger partial charge on any atom is -0.493 e. The third-order valence-electron chi connectivity index (χ3n) is 6.92. The lowest BCUT2D eigenvalue weighted by Crippen LogP contribution is -2.44. The molecule has 0 unspecified atom stereocenters. The molecular weight excluding hydrogens is 530 g/mol. The van der Waals surface area contributed by atoms with Crippen LogP contribution in [-0.2, 0) is 16.0 Å². The molecular formula is C30H43N3O8. The Morgan fingerprint density at radius 1 is 0.976 bits per heavy atom. The van der Waals surface area contributed by atoms with Crippen molar-refractivity contribution >= 4 is 12.0 Å². The van der Waals surface area contributed by atoms with Crippen molar-refractivity contribution in [1.82, 2.24) is 15.5 Å².